The third kappa shape index (κ3) is 4.78. The number of benzene rings is 2. The number of aryl methyl sites for hydroxylation is 1. The highest BCUT2D eigenvalue weighted by Crippen LogP contribution is 2.18. The molecule has 2 rings (SSSR count). The van der Waals surface area contributed by atoms with Gasteiger partial charge in [0.25, 0.3) is 0 Å². The summed E-state index contributed by atoms with van der Waals surface area (Å²) < 4.78 is 13.2. The smallest absolute Gasteiger partial charge is 0.123 e. The summed E-state index contributed by atoms with van der Waals surface area (Å²) in [4.78, 5) is 0. The van der Waals surface area contributed by atoms with Gasteiger partial charge in [-0.15, -0.1) is 0 Å². The molecule has 0 saturated carbocycles. The molecule has 0 aromatic heterocycles. The lowest BCUT2D eigenvalue weighted by molar-refractivity contribution is 0.415. The average Bonchev–Trinajstić information content (AvgIpc) is 2.39. The Kier molecular flexibility index (Phi) is 4.91. The van der Waals surface area contributed by atoms with Crippen LogP contribution >= 0.6 is 0 Å². The first kappa shape index (κ1) is 14.7. The molecule has 2 aromatic carbocycles. The zero-order valence-corrected chi connectivity index (χ0v) is 12.0. The fourth-order valence-electron chi connectivity index (χ4n) is 2.54. The first-order valence-corrected chi connectivity index (χ1v) is 7.12. The van der Waals surface area contributed by atoms with E-state index in [1.54, 1.807) is 12.1 Å². The quantitative estimate of drug-likeness (QED) is 0.840. The van der Waals surface area contributed by atoms with Gasteiger partial charge in [-0.1, -0.05) is 42.5 Å². The van der Waals surface area contributed by atoms with Crippen molar-refractivity contribution in [3.63, 3.8) is 0 Å². The van der Waals surface area contributed by atoms with E-state index in [2.05, 4.69) is 24.3 Å². The molecule has 1 nitrogen and oxygen atoms in total. The predicted molar refractivity (Wildman–Crippen MR) is 82.1 cm³/mol. The van der Waals surface area contributed by atoms with Crippen molar-refractivity contribution in [1.82, 2.24) is 0 Å². The Morgan fingerprint density at radius 3 is 2.40 bits per heavy atom. The Bertz CT molecular complexity index is 534. The maximum absolute atomic E-state index is 13.2. The van der Waals surface area contributed by atoms with Crippen molar-refractivity contribution in [2.45, 2.75) is 38.1 Å². The minimum Gasteiger partial charge on any atom is -0.325 e. The normalized spacial score (nSPS) is 13.9. The summed E-state index contributed by atoms with van der Waals surface area (Å²) in [5.74, 6) is -0.192. The summed E-state index contributed by atoms with van der Waals surface area (Å²) in [6, 6.07) is 17.1. The van der Waals surface area contributed by atoms with E-state index < -0.39 is 0 Å². The van der Waals surface area contributed by atoms with Gasteiger partial charge in [-0.05, 0) is 55.9 Å². The molecule has 0 amide bonds. The predicted octanol–water partition coefficient (Wildman–Crippen LogP) is 4.11. The van der Waals surface area contributed by atoms with Crippen LogP contribution in [0, 0.1) is 5.82 Å². The highest BCUT2D eigenvalue weighted by molar-refractivity contribution is 5.19. The number of hydrogen-bond acceptors (Lipinski definition) is 1. The van der Waals surface area contributed by atoms with Crippen LogP contribution in [0.25, 0.3) is 0 Å². The lowest BCUT2D eigenvalue weighted by atomic mass is 9.88. The van der Waals surface area contributed by atoms with E-state index >= 15 is 0 Å². The second kappa shape index (κ2) is 6.67. The van der Waals surface area contributed by atoms with E-state index in [0.29, 0.717) is 6.42 Å². The Hall–Kier alpha value is -1.67. The highest BCUT2D eigenvalue weighted by Gasteiger charge is 2.18. The van der Waals surface area contributed by atoms with Gasteiger partial charge in [0.1, 0.15) is 5.82 Å². The minimum absolute atomic E-state index is 0.192. The van der Waals surface area contributed by atoms with E-state index in [1.807, 2.05) is 19.1 Å². The first-order chi connectivity index (χ1) is 9.55. The summed E-state index contributed by atoms with van der Waals surface area (Å²) in [5.41, 5.74) is 8.36. The van der Waals surface area contributed by atoms with Crippen LogP contribution in [0.1, 0.15) is 30.9 Å². The van der Waals surface area contributed by atoms with Gasteiger partial charge in [0.05, 0.1) is 0 Å². The van der Waals surface area contributed by atoms with Crippen LogP contribution < -0.4 is 5.73 Å². The SMILES string of the molecule is CC(N)(CCCc1ccccc1)Cc1cccc(F)c1. The standard InChI is InChI=1S/C18H22FN/c1-18(20,14-16-9-5-11-17(19)13-16)12-6-10-15-7-3-2-4-8-15/h2-5,7-9,11,13H,6,10,12,14,20H2,1H3. The Labute approximate surface area is 120 Å². The Morgan fingerprint density at radius 2 is 1.70 bits per heavy atom. The molecule has 0 radical (unpaired) electrons. The van der Waals surface area contributed by atoms with Crippen LogP contribution in [-0.4, -0.2) is 5.54 Å². The van der Waals surface area contributed by atoms with Crippen molar-refractivity contribution < 1.29 is 4.39 Å². The monoisotopic (exact) mass is 271 g/mol. The van der Waals surface area contributed by atoms with Crippen LogP contribution in [0.15, 0.2) is 54.6 Å². The molecule has 20 heavy (non-hydrogen) atoms. The summed E-state index contributed by atoms with van der Waals surface area (Å²) in [6.07, 6.45) is 3.72. The minimum atomic E-state index is -0.289. The molecule has 1 atom stereocenters. The van der Waals surface area contributed by atoms with Crippen molar-refractivity contribution in [2.24, 2.45) is 5.73 Å². The van der Waals surface area contributed by atoms with Crippen LogP contribution in [0.5, 0.6) is 0 Å². The molecule has 2 N–H and O–H groups in total. The summed E-state index contributed by atoms with van der Waals surface area (Å²) in [7, 11) is 0. The van der Waals surface area contributed by atoms with E-state index in [4.69, 9.17) is 5.73 Å². The molecule has 0 aliphatic carbocycles. The lowest BCUT2D eigenvalue weighted by Gasteiger charge is -2.25. The average molecular weight is 271 g/mol. The van der Waals surface area contributed by atoms with Crippen LogP contribution in [-0.2, 0) is 12.8 Å². The van der Waals surface area contributed by atoms with Crippen molar-refractivity contribution in [3.8, 4) is 0 Å². The van der Waals surface area contributed by atoms with Crippen LogP contribution in [0.2, 0.25) is 0 Å². The maximum Gasteiger partial charge on any atom is 0.123 e. The third-order valence-corrected chi connectivity index (χ3v) is 3.55. The number of nitrogens with two attached hydrogens (primary N) is 1. The fourth-order valence-corrected chi connectivity index (χ4v) is 2.54. The Balaban J connectivity index is 1.84. The van der Waals surface area contributed by atoms with Crippen molar-refractivity contribution >= 4 is 0 Å². The molecule has 0 spiro atoms. The van der Waals surface area contributed by atoms with E-state index in [0.717, 1.165) is 24.8 Å². The molecule has 2 heteroatoms. The first-order valence-electron chi connectivity index (χ1n) is 7.12. The maximum atomic E-state index is 13.2. The third-order valence-electron chi connectivity index (χ3n) is 3.55. The molecule has 0 aliphatic heterocycles. The van der Waals surface area contributed by atoms with Gasteiger partial charge in [-0.2, -0.15) is 0 Å². The van der Waals surface area contributed by atoms with Crippen molar-refractivity contribution in [2.75, 3.05) is 0 Å². The number of rotatable bonds is 6. The molecule has 0 saturated heterocycles. The molecule has 2 aromatic rings. The summed E-state index contributed by atoms with van der Waals surface area (Å²) >= 11 is 0. The molecular weight excluding hydrogens is 249 g/mol. The highest BCUT2D eigenvalue weighted by atomic mass is 19.1. The van der Waals surface area contributed by atoms with Crippen molar-refractivity contribution in [3.05, 3.63) is 71.5 Å². The molecule has 0 bridgehead atoms. The second-order valence-electron chi connectivity index (χ2n) is 5.80. The summed E-state index contributed by atoms with van der Waals surface area (Å²) in [5, 5.41) is 0. The molecule has 1 unspecified atom stereocenters. The largest absolute Gasteiger partial charge is 0.325 e. The topological polar surface area (TPSA) is 26.0 Å². The lowest BCUT2D eigenvalue weighted by Crippen LogP contribution is -2.38. The fraction of sp³-hybridized carbons (Fsp3) is 0.333. The molecule has 106 valence electrons. The van der Waals surface area contributed by atoms with E-state index in [9.17, 15) is 4.39 Å². The molecular formula is C18H22FN. The Morgan fingerprint density at radius 1 is 1.00 bits per heavy atom. The van der Waals surface area contributed by atoms with Gasteiger partial charge >= 0.3 is 0 Å². The number of hydrogen-bond donors (Lipinski definition) is 1. The van der Waals surface area contributed by atoms with Gasteiger partial charge in [0, 0.05) is 5.54 Å². The molecule has 0 aliphatic rings. The second-order valence-corrected chi connectivity index (χ2v) is 5.80. The van der Waals surface area contributed by atoms with Crippen LogP contribution in [0.4, 0.5) is 4.39 Å². The van der Waals surface area contributed by atoms with Gasteiger partial charge in [0.2, 0.25) is 0 Å². The van der Waals surface area contributed by atoms with Gasteiger partial charge < -0.3 is 5.73 Å². The van der Waals surface area contributed by atoms with Crippen LogP contribution in [0.3, 0.4) is 0 Å². The van der Waals surface area contributed by atoms with E-state index in [1.165, 1.54) is 11.6 Å². The molecule has 0 heterocycles. The van der Waals surface area contributed by atoms with Gasteiger partial charge in [-0.3, -0.25) is 0 Å². The van der Waals surface area contributed by atoms with E-state index in [-0.39, 0.29) is 11.4 Å². The number of halogens is 1. The summed E-state index contributed by atoms with van der Waals surface area (Å²) in [6.45, 7) is 2.04. The van der Waals surface area contributed by atoms with Gasteiger partial charge in [0.15, 0.2) is 0 Å². The van der Waals surface area contributed by atoms with Gasteiger partial charge in [-0.25, -0.2) is 4.39 Å². The molecule has 0 fully saturated rings. The van der Waals surface area contributed by atoms with Crippen molar-refractivity contribution in [1.29, 1.82) is 0 Å². The zero-order valence-electron chi connectivity index (χ0n) is 12.0. The zero-order chi connectivity index (χ0) is 14.4.